The molecule has 192 valence electrons. The van der Waals surface area contributed by atoms with Crippen LogP contribution in [0.3, 0.4) is 0 Å². The van der Waals surface area contributed by atoms with Gasteiger partial charge in [-0.2, -0.15) is 5.26 Å². The van der Waals surface area contributed by atoms with Crippen LogP contribution < -0.4 is 14.8 Å². The summed E-state index contributed by atoms with van der Waals surface area (Å²) in [4.78, 5) is 32.0. The van der Waals surface area contributed by atoms with Crippen LogP contribution in [0.2, 0.25) is 0 Å². The fraction of sp³-hybridized carbons (Fsp3) is 0.333. The van der Waals surface area contributed by atoms with Gasteiger partial charge >= 0.3 is 6.09 Å². The number of thiophene rings is 1. The minimum atomic E-state index is -0.457. The largest absolute Gasteiger partial charge is 0.496 e. The molecule has 0 saturated carbocycles. The van der Waals surface area contributed by atoms with Crippen LogP contribution in [0, 0.1) is 18.3 Å². The molecule has 9 nitrogen and oxygen atoms in total. The van der Waals surface area contributed by atoms with Crippen molar-refractivity contribution in [1.82, 2.24) is 9.88 Å². The monoisotopic (exact) mass is 520 g/mol. The molecule has 1 N–H and O–H groups in total. The van der Waals surface area contributed by atoms with Crippen molar-refractivity contribution < 1.29 is 23.8 Å². The van der Waals surface area contributed by atoms with Gasteiger partial charge in [-0.25, -0.2) is 4.79 Å². The second-order valence-electron chi connectivity index (χ2n) is 8.60. The fourth-order valence-electron chi connectivity index (χ4n) is 4.26. The lowest BCUT2D eigenvalue weighted by Crippen LogP contribution is -2.35. The number of carbonyl (C=O) groups excluding carboxylic acids is 2. The van der Waals surface area contributed by atoms with E-state index in [1.54, 1.807) is 37.6 Å². The molecule has 3 heterocycles. The Morgan fingerprint density at radius 1 is 1.19 bits per heavy atom. The number of hydrogen-bond acceptors (Lipinski definition) is 8. The Bertz CT molecular complexity index is 1350. The number of nitrogens with zero attached hydrogens (tertiary/aromatic N) is 3. The SMILES string of the molecule is COc1ccc(C)cc1CCC(=O)Nc1sc2c(c1C#N)CCN(C(=O)OCc1cnccc1OC)C2. The number of ether oxygens (including phenoxy) is 3. The summed E-state index contributed by atoms with van der Waals surface area (Å²) in [5.74, 6) is 1.17. The van der Waals surface area contributed by atoms with Gasteiger partial charge in [0.05, 0.1) is 26.3 Å². The van der Waals surface area contributed by atoms with Gasteiger partial charge in [-0.3, -0.25) is 9.78 Å². The lowest BCUT2D eigenvalue weighted by Gasteiger charge is -2.26. The Balaban J connectivity index is 1.38. The third-order valence-corrected chi connectivity index (χ3v) is 7.30. The zero-order valence-electron chi connectivity index (χ0n) is 21.0. The van der Waals surface area contributed by atoms with Crippen LogP contribution >= 0.6 is 11.3 Å². The second-order valence-corrected chi connectivity index (χ2v) is 9.70. The molecule has 3 aromatic rings. The van der Waals surface area contributed by atoms with Gasteiger partial charge in [0, 0.05) is 35.8 Å². The van der Waals surface area contributed by atoms with Gasteiger partial charge < -0.3 is 24.4 Å². The van der Waals surface area contributed by atoms with Crippen molar-refractivity contribution in [2.45, 2.75) is 39.3 Å². The van der Waals surface area contributed by atoms with E-state index >= 15 is 0 Å². The zero-order valence-corrected chi connectivity index (χ0v) is 21.8. The molecular weight excluding hydrogens is 492 g/mol. The van der Waals surface area contributed by atoms with Crippen molar-refractivity contribution in [3.63, 3.8) is 0 Å². The predicted molar refractivity (Wildman–Crippen MR) is 139 cm³/mol. The highest BCUT2D eigenvalue weighted by Crippen LogP contribution is 2.37. The number of benzene rings is 1. The van der Waals surface area contributed by atoms with Crippen molar-refractivity contribution in [2.24, 2.45) is 0 Å². The van der Waals surface area contributed by atoms with Gasteiger partial charge in [-0.1, -0.05) is 17.7 Å². The third kappa shape index (κ3) is 6.01. The van der Waals surface area contributed by atoms with E-state index in [9.17, 15) is 14.9 Å². The molecule has 0 atom stereocenters. The topological polar surface area (TPSA) is 114 Å². The molecule has 0 fully saturated rings. The first kappa shape index (κ1) is 26.0. The Labute approximate surface area is 219 Å². The van der Waals surface area contributed by atoms with E-state index in [0.717, 1.165) is 27.3 Å². The van der Waals surface area contributed by atoms with E-state index < -0.39 is 6.09 Å². The van der Waals surface area contributed by atoms with Crippen LogP contribution in [0.4, 0.5) is 9.80 Å². The molecular formula is C27H28N4O5S. The summed E-state index contributed by atoms with van der Waals surface area (Å²) in [7, 11) is 3.16. The number of nitrogens with one attached hydrogen (secondary N) is 1. The highest BCUT2D eigenvalue weighted by molar-refractivity contribution is 7.16. The Kier molecular flexibility index (Phi) is 8.25. The molecule has 1 aliphatic heterocycles. The second kappa shape index (κ2) is 11.8. The van der Waals surface area contributed by atoms with Crippen LogP contribution in [0.25, 0.3) is 0 Å². The molecule has 1 aromatic carbocycles. The average molecular weight is 521 g/mol. The highest BCUT2D eigenvalue weighted by Gasteiger charge is 2.28. The summed E-state index contributed by atoms with van der Waals surface area (Å²) in [6.07, 6.45) is 4.03. The van der Waals surface area contributed by atoms with E-state index in [-0.39, 0.29) is 18.9 Å². The zero-order chi connectivity index (χ0) is 26.4. The lowest BCUT2D eigenvalue weighted by molar-refractivity contribution is -0.116. The smallest absolute Gasteiger partial charge is 0.410 e. The third-order valence-electron chi connectivity index (χ3n) is 6.17. The van der Waals surface area contributed by atoms with Crippen molar-refractivity contribution in [3.05, 3.63) is 69.4 Å². The minimum absolute atomic E-state index is 0.0418. The van der Waals surface area contributed by atoms with Crippen LogP contribution in [0.15, 0.2) is 36.7 Å². The quantitative estimate of drug-likeness (QED) is 0.461. The predicted octanol–water partition coefficient (Wildman–Crippen LogP) is 4.61. The van der Waals surface area contributed by atoms with Crippen molar-refractivity contribution >= 4 is 28.3 Å². The van der Waals surface area contributed by atoms with Gasteiger partial charge in [0.1, 0.15) is 29.2 Å². The first-order valence-electron chi connectivity index (χ1n) is 11.8. The van der Waals surface area contributed by atoms with Gasteiger partial charge in [0.2, 0.25) is 5.91 Å². The summed E-state index contributed by atoms with van der Waals surface area (Å²) in [6.45, 7) is 2.77. The van der Waals surface area contributed by atoms with E-state index in [2.05, 4.69) is 16.4 Å². The molecule has 0 saturated heterocycles. The summed E-state index contributed by atoms with van der Waals surface area (Å²) in [5, 5.41) is 13.2. The molecule has 37 heavy (non-hydrogen) atoms. The summed E-state index contributed by atoms with van der Waals surface area (Å²) in [6, 6.07) is 9.81. The molecule has 0 aliphatic carbocycles. The number of rotatable bonds is 8. The summed E-state index contributed by atoms with van der Waals surface area (Å²) < 4.78 is 16.2. The number of methoxy groups -OCH3 is 2. The number of fused-ring (bicyclic) bond motifs is 1. The molecule has 1 aliphatic rings. The first-order chi connectivity index (χ1) is 17.9. The average Bonchev–Trinajstić information content (AvgIpc) is 3.26. The maximum absolute atomic E-state index is 12.7. The van der Waals surface area contributed by atoms with Crippen LogP contribution in [-0.2, 0) is 35.5 Å². The number of aromatic nitrogens is 1. The number of amides is 2. The van der Waals surface area contributed by atoms with E-state index in [1.807, 2.05) is 25.1 Å². The Morgan fingerprint density at radius 2 is 1.97 bits per heavy atom. The van der Waals surface area contributed by atoms with Crippen LogP contribution in [0.1, 0.15) is 39.1 Å². The number of anilines is 1. The van der Waals surface area contributed by atoms with Gasteiger partial charge in [0.15, 0.2) is 0 Å². The van der Waals surface area contributed by atoms with E-state index in [1.165, 1.54) is 11.3 Å². The number of nitriles is 1. The first-order valence-corrected chi connectivity index (χ1v) is 12.6. The maximum atomic E-state index is 12.7. The Morgan fingerprint density at radius 3 is 2.73 bits per heavy atom. The van der Waals surface area contributed by atoms with Crippen molar-refractivity contribution in [3.8, 4) is 17.6 Å². The van der Waals surface area contributed by atoms with Gasteiger partial charge in [0.25, 0.3) is 0 Å². The Hall–Kier alpha value is -4.10. The molecule has 2 amide bonds. The fourth-order valence-corrected chi connectivity index (χ4v) is 5.49. The van der Waals surface area contributed by atoms with Crippen molar-refractivity contribution in [2.75, 3.05) is 26.1 Å². The number of hydrogen-bond donors (Lipinski definition) is 1. The number of aryl methyl sites for hydroxylation is 2. The van der Waals surface area contributed by atoms with E-state index in [4.69, 9.17) is 14.2 Å². The number of carbonyl (C=O) groups is 2. The molecule has 0 unspecified atom stereocenters. The number of pyridine rings is 1. The molecule has 10 heteroatoms. The molecule has 0 radical (unpaired) electrons. The summed E-state index contributed by atoms with van der Waals surface area (Å²) >= 11 is 1.33. The molecule has 2 aromatic heterocycles. The van der Waals surface area contributed by atoms with Crippen LogP contribution in [-0.4, -0.2) is 42.6 Å². The molecule has 0 spiro atoms. The van der Waals surface area contributed by atoms with Gasteiger partial charge in [-0.05, 0) is 43.0 Å². The molecule has 0 bridgehead atoms. The van der Waals surface area contributed by atoms with Crippen LogP contribution in [0.5, 0.6) is 11.5 Å². The highest BCUT2D eigenvalue weighted by atomic mass is 32.1. The summed E-state index contributed by atoms with van der Waals surface area (Å²) in [5.41, 5.74) is 4.07. The van der Waals surface area contributed by atoms with E-state index in [0.29, 0.717) is 47.8 Å². The van der Waals surface area contributed by atoms with Crippen molar-refractivity contribution in [1.29, 1.82) is 5.26 Å². The minimum Gasteiger partial charge on any atom is -0.496 e. The maximum Gasteiger partial charge on any atom is 0.410 e. The normalized spacial score (nSPS) is 12.3. The standard InChI is InChI=1S/C27H28N4O5S/c1-17-4-6-22(34-2)18(12-17)5-7-25(32)30-26-21(13-28)20-9-11-31(15-24(20)37-26)27(33)36-16-19-14-29-10-8-23(19)35-3/h4,6,8,10,12,14H,5,7,9,11,15-16H2,1-3H3,(H,30,32). The van der Waals surface area contributed by atoms with Gasteiger partial charge in [-0.15, -0.1) is 11.3 Å². The molecule has 4 rings (SSSR count). The lowest BCUT2D eigenvalue weighted by atomic mass is 10.0.